The zero-order chi connectivity index (χ0) is 14.8. The lowest BCUT2D eigenvalue weighted by molar-refractivity contribution is 0.0473. The lowest BCUT2D eigenvalue weighted by Crippen LogP contribution is -2.06. The average molecular weight is 280 g/mol. The Kier molecular flexibility index (Phi) is 3.48. The van der Waals surface area contributed by atoms with Crippen molar-refractivity contribution in [3.63, 3.8) is 0 Å². The minimum absolute atomic E-state index is 0.262. The molecule has 0 amide bonds. The van der Waals surface area contributed by atoms with Crippen molar-refractivity contribution in [2.75, 3.05) is 0 Å². The molecule has 0 aliphatic rings. The standard InChI is InChI=1S/C18H16O3/c1-12-8-9-16-15(10-12)17(13(2)21-16)18(19)20-11-14-6-4-3-5-7-14/h3-10H,11H2,1-2H3. The Morgan fingerprint density at radius 1 is 1.10 bits per heavy atom. The normalized spacial score (nSPS) is 10.8. The van der Waals surface area contributed by atoms with Crippen LogP contribution >= 0.6 is 0 Å². The van der Waals surface area contributed by atoms with Crippen LogP contribution in [0.15, 0.2) is 52.9 Å². The van der Waals surface area contributed by atoms with E-state index in [1.165, 1.54) is 0 Å². The number of ether oxygens (including phenoxy) is 1. The second-order valence-electron chi connectivity index (χ2n) is 5.09. The molecule has 0 saturated carbocycles. The topological polar surface area (TPSA) is 39.4 Å². The van der Waals surface area contributed by atoms with Gasteiger partial charge in [0, 0.05) is 5.39 Å². The van der Waals surface area contributed by atoms with Gasteiger partial charge in [0.15, 0.2) is 0 Å². The molecule has 2 aromatic carbocycles. The molecule has 21 heavy (non-hydrogen) atoms. The van der Waals surface area contributed by atoms with Crippen LogP contribution in [0.3, 0.4) is 0 Å². The zero-order valence-electron chi connectivity index (χ0n) is 12.1. The molecule has 0 bridgehead atoms. The summed E-state index contributed by atoms with van der Waals surface area (Å²) in [5.74, 6) is 0.245. The second kappa shape index (κ2) is 5.44. The highest BCUT2D eigenvalue weighted by atomic mass is 16.5. The molecule has 0 aliphatic heterocycles. The van der Waals surface area contributed by atoms with Crippen molar-refractivity contribution in [3.8, 4) is 0 Å². The number of carbonyl (C=O) groups excluding carboxylic acids is 1. The number of rotatable bonds is 3. The smallest absolute Gasteiger partial charge is 0.342 e. The molecule has 0 saturated heterocycles. The van der Waals surface area contributed by atoms with Gasteiger partial charge >= 0.3 is 5.97 Å². The monoisotopic (exact) mass is 280 g/mol. The molecule has 0 atom stereocenters. The highest BCUT2D eigenvalue weighted by Gasteiger charge is 2.19. The molecule has 0 spiro atoms. The largest absolute Gasteiger partial charge is 0.460 e. The maximum absolute atomic E-state index is 12.3. The summed E-state index contributed by atoms with van der Waals surface area (Å²) in [4.78, 5) is 12.3. The molecular formula is C18H16O3. The van der Waals surface area contributed by atoms with Gasteiger partial charge in [-0.25, -0.2) is 4.79 Å². The minimum Gasteiger partial charge on any atom is -0.460 e. The van der Waals surface area contributed by atoms with E-state index in [0.717, 1.165) is 16.5 Å². The van der Waals surface area contributed by atoms with E-state index in [-0.39, 0.29) is 12.6 Å². The van der Waals surface area contributed by atoms with Crippen molar-refractivity contribution in [2.24, 2.45) is 0 Å². The average Bonchev–Trinajstić information content (AvgIpc) is 2.81. The van der Waals surface area contributed by atoms with Crippen LogP contribution in [0.1, 0.15) is 27.2 Å². The van der Waals surface area contributed by atoms with E-state index < -0.39 is 0 Å². The van der Waals surface area contributed by atoms with Crippen LogP contribution in [-0.4, -0.2) is 5.97 Å². The first-order valence-corrected chi connectivity index (χ1v) is 6.86. The Labute approximate surface area is 123 Å². The summed E-state index contributed by atoms with van der Waals surface area (Å²) in [5.41, 5.74) is 3.28. The van der Waals surface area contributed by atoms with Gasteiger partial charge in [0.1, 0.15) is 23.5 Å². The number of esters is 1. The molecule has 1 heterocycles. The molecule has 3 heteroatoms. The Balaban J connectivity index is 1.87. The van der Waals surface area contributed by atoms with E-state index in [2.05, 4.69) is 0 Å². The first-order valence-electron chi connectivity index (χ1n) is 6.86. The van der Waals surface area contributed by atoms with Crippen LogP contribution in [0.5, 0.6) is 0 Å². The van der Waals surface area contributed by atoms with E-state index in [9.17, 15) is 4.79 Å². The Hall–Kier alpha value is -2.55. The quantitative estimate of drug-likeness (QED) is 0.667. The molecule has 0 unspecified atom stereocenters. The number of carbonyl (C=O) groups is 1. The summed E-state index contributed by atoms with van der Waals surface area (Å²) in [7, 11) is 0. The van der Waals surface area contributed by atoms with Crippen LogP contribution < -0.4 is 0 Å². The fraction of sp³-hybridized carbons (Fsp3) is 0.167. The van der Waals surface area contributed by atoms with Gasteiger partial charge < -0.3 is 9.15 Å². The molecule has 0 N–H and O–H groups in total. The van der Waals surface area contributed by atoms with Crippen LogP contribution in [0.25, 0.3) is 11.0 Å². The number of fused-ring (bicyclic) bond motifs is 1. The predicted molar refractivity (Wildman–Crippen MR) is 81.2 cm³/mol. The van der Waals surface area contributed by atoms with E-state index in [0.29, 0.717) is 16.9 Å². The highest BCUT2D eigenvalue weighted by Crippen LogP contribution is 2.27. The molecule has 3 rings (SSSR count). The first-order chi connectivity index (χ1) is 10.1. The van der Waals surface area contributed by atoms with Crippen molar-refractivity contribution in [1.82, 2.24) is 0 Å². The highest BCUT2D eigenvalue weighted by molar-refractivity contribution is 6.04. The number of benzene rings is 2. The minimum atomic E-state index is -0.347. The van der Waals surface area contributed by atoms with E-state index in [1.54, 1.807) is 6.92 Å². The van der Waals surface area contributed by atoms with Gasteiger partial charge in [0.25, 0.3) is 0 Å². The van der Waals surface area contributed by atoms with Crippen molar-refractivity contribution in [1.29, 1.82) is 0 Å². The van der Waals surface area contributed by atoms with Crippen molar-refractivity contribution >= 4 is 16.9 Å². The fourth-order valence-electron chi connectivity index (χ4n) is 2.38. The third-order valence-electron chi connectivity index (χ3n) is 3.44. The van der Waals surface area contributed by atoms with Crippen molar-refractivity contribution < 1.29 is 13.9 Å². The third kappa shape index (κ3) is 2.68. The summed E-state index contributed by atoms with van der Waals surface area (Å²) < 4.78 is 11.0. The Morgan fingerprint density at radius 3 is 2.62 bits per heavy atom. The van der Waals surface area contributed by atoms with Gasteiger partial charge in [0.05, 0.1) is 0 Å². The van der Waals surface area contributed by atoms with Gasteiger partial charge in [0.2, 0.25) is 0 Å². The lowest BCUT2D eigenvalue weighted by Gasteiger charge is -2.04. The lowest BCUT2D eigenvalue weighted by atomic mass is 10.1. The zero-order valence-corrected chi connectivity index (χ0v) is 12.1. The van der Waals surface area contributed by atoms with Gasteiger partial charge in [-0.3, -0.25) is 0 Å². The number of furan rings is 1. The van der Waals surface area contributed by atoms with Gasteiger partial charge in [-0.15, -0.1) is 0 Å². The van der Waals surface area contributed by atoms with Crippen LogP contribution in [0.2, 0.25) is 0 Å². The summed E-state index contributed by atoms with van der Waals surface area (Å²) in [6, 6.07) is 15.4. The van der Waals surface area contributed by atoms with E-state index >= 15 is 0 Å². The molecule has 0 aliphatic carbocycles. The van der Waals surface area contributed by atoms with Crippen molar-refractivity contribution in [3.05, 3.63) is 71.0 Å². The molecular weight excluding hydrogens is 264 g/mol. The number of hydrogen-bond acceptors (Lipinski definition) is 3. The summed E-state index contributed by atoms with van der Waals surface area (Å²) in [6.45, 7) is 4.03. The first kappa shape index (κ1) is 13.4. The van der Waals surface area contributed by atoms with E-state index in [1.807, 2.05) is 55.5 Å². The van der Waals surface area contributed by atoms with Gasteiger partial charge in [-0.1, -0.05) is 42.0 Å². The number of hydrogen-bond donors (Lipinski definition) is 0. The van der Waals surface area contributed by atoms with Gasteiger partial charge in [-0.05, 0) is 31.5 Å². The Bertz CT molecular complexity index is 785. The summed E-state index contributed by atoms with van der Waals surface area (Å²) in [5, 5.41) is 0.811. The molecule has 106 valence electrons. The molecule has 0 radical (unpaired) electrons. The molecule has 0 fully saturated rings. The predicted octanol–water partition coefficient (Wildman–Crippen LogP) is 4.41. The van der Waals surface area contributed by atoms with Gasteiger partial charge in [-0.2, -0.15) is 0 Å². The van der Waals surface area contributed by atoms with E-state index in [4.69, 9.17) is 9.15 Å². The maximum Gasteiger partial charge on any atom is 0.342 e. The fourth-order valence-corrected chi connectivity index (χ4v) is 2.38. The summed E-state index contributed by atoms with van der Waals surface area (Å²) in [6.07, 6.45) is 0. The van der Waals surface area contributed by atoms with Crippen LogP contribution in [0, 0.1) is 13.8 Å². The number of aryl methyl sites for hydroxylation is 2. The Morgan fingerprint density at radius 2 is 1.86 bits per heavy atom. The third-order valence-corrected chi connectivity index (χ3v) is 3.44. The molecule has 3 aromatic rings. The maximum atomic E-state index is 12.3. The SMILES string of the molecule is Cc1ccc2oc(C)c(C(=O)OCc3ccccc3)c2c1. The molecule has 3 nitrogen and oxygen atoms in total. The van der Waals surface area contributed by atoms with Crippen LogP contribution in [-0.2, 0) is 11.3 Å². The van der Waals surface area contributed by atoms with Crippen LogP contribution in [0.4, 0.5) is 0 Å². The molecule has 1 aromatic heterocycles. The summed E-state index contributed by atoms with van der Waals surface area (Å²) >= 11 is 0. The second-order valence-corrected chi connectivity index (χ2v) is 5.09. The van der Waals surface area contributed by atoms with Crippen molar-refractivity contribution in [2.45, 2.75) is 20.5 Å².